The molecule has 20 heavy (non-hydrogen) atoms. The van der Waals surface area contributed by atoms with Crippen LogP contribution in [0.25, 0.3) is 0 Å². The fourth-order valence-electron chi connectivity index (χ4n) is 2.99. The van der Waals surface area contributed by atoms with E-state index >= 15 is 0 Å². The first kappa shape index (κ1) is 14.7. The van der Waals surface area contributed by atoms with Crippen LogP contribution in [0.1, 0.15) is 32.8 Å². The Kier molecular flexibility index (Phi) is 3.93. The number of hydrogen-bond donors (Lipinski definition) is 1. The van der Waals surface area contributed by atoms with Crippen molar-refractivity contribution < 1.29 is 4.79 Å². The van der Waals surface area contributed by atoms with Crippen LogP contribution in [-0.4, -0.2) is 36.0 Å². The summed E-state index contributed by atoms with van der Waals surface area (Å²) in [5.74, 6) is 0.154. The van der Waals surface area contributed by atoms with Crippen molar-refractivity contribution in [3.8, 4) is 0 Å². The van der Waals surface area contributed by atoms with Gasteiger partial charge in [0.2, 0.25) is 5.91 Å². The molecule has 2 rings (SSSR count). The van der Waals surface area contributed by atoms with Crippen LogP contribution in [-0.2, 0) is 4.79 Å². The number of hydrogen-bond acceptors (Lipinski definition) is 3. The highest BCUT2D eigenvalue weighted by Crippen LogP contribution is 2.29. The summed E-state index contributed by atoms with van der Waals surface area (Å²) < 4.78 is 0. The molecule has 1 aliphatic rings. The van der Waals surface area contributed by atoms with Gasteiger partial charge < -0.3 is 15.5 Å². The van der Waals surface area contributed by atoms with Crippen molar-refractivity contribution in [2.75, 3.05) is 30.3 Å². The lowest BCUT2D eigenvalue weighted by Gasteiger charge is -2.35. The number of carbonyl (C=O) groups is 1. The molecule has 0 unspecified atom stereocenters. The van der Waals surface area contributed by atoms with Gasteiger partial charge in [0, 0.05) is 43.5 Å². The lowest BCUT2D eigenvalue weighted by molar-refractivity contribution is -0.133. The van der Waals surface area contributed by atoms with Crippen LogP contribution in [0.2, 0.25) is 0 Å². The highest BCUT2D eigenvalue weighted by Gasteiger charge is 2.32. The van der Waals surface area contributed by atoms with Crippen molar-refractivity contribution in [2.24, 2.45) is 0 Å². The number of nitrogen functional groups attached to an aromatic ring is 1. The van der Waals surface area contributed by atoms with Gasteiger partial charge in [-0.3, -0.25) is 4.79 Å². The molecule has 4 heteroatoms. The summed E-state index contributed by atoms with van der Waals surface area (Å²) in [6.07, 6.45) is 0.959. The molecule has 1 fully saturated rings. The Balaban J connectivity index is 2.25. The molecule has 0 aromatic heterocycles. The van der Waals surface area contributed by atoms with Gasteiger partial charge in [0.05, 0.1) is 0 Å². The maximum atomic E-state index is 11.8. The molecule has 0 radical (unpaired) electrons. The van der Waals surface area contributed by atoms with Gasteiger partial charge in [0.15, 0.2) is 0 Å². The Morgan fingerprint density at radius 3 is 2.60 bits per heavy atom. The Morgan fingerprint density at radius 2 is 1.95 bits per heavy atom. The highest BCUT2D eigenvalue weighted by atomic mass is 16.2. The molecule has 110 valence electrons. The van der Waals surface area contributed by atoms with Crippen LogP contribution < -0.4 is 10.6 Å². The molecule has 0 bridgehead atoms. The van der Waals surface area contributed by atoms with Crippen molar-refractivity contribution in [1.29, 1.82) is 0 Å². The van der Waals surface area contributed by atoms with Gasteiger partial charge in [-0.25, -0.2) is 0 Å². The second-order valence-electron chi connectivity index (χ2n) is 6.21. The number of carbonyl (C=O) groups excluding carboxylic acids is 1. The topological polar surface area (TPSA) is 49.6 Å². The minimum Gasteiger partial charge on any atom is -0.398 e. The maximum absolute atomic E-state index is 11.8. The summed E-state index contributed by atoms with van der Waals surface area (Å²) in [5, 5.41) is 0. The van der Waals surface area contributed by atoms with Crippen LogP contribution in [0.3, 0.4) is 0 Å². The third-order valence-electron chi connectivity index (χ3n) is 4.39. The molecule has 1 aliphatic heterocycles. The van der Waals surface area contributed by atoms with E-state index < -0.39 is 0 Å². The number of benzene rings is 1. The molecule has 0 spiro atoms. The smallest absolute Gasteiger partial charge is 0.219 e. The molecule has 4 nitrogen and oxygen atoms in total. The fraction of sp³-hybridized carbons (Fsp3) is 0.562. The van der Waals surface area contributed by atoms with E-state index in [4.69, 9.17) is 5.73 Å². The summed E-state index contributed by atoms with van der Waals surface area (Å²) in [6.45, 7) is 10.6. The molecule has 0 saturated carbocycles. The van der Waals surface area contributed by atoms with Crippen molar-refractivity contribution in [3.05, 3.63) is 23.8 Å². The summed E-state index contributed by atoms with van der Waals surface area (Å²) >= 11 is 0. The zero-order chi connectivity index (χ0) is 14.9. The molecule has 1 aromatic rings. The zero-order valence-corrected chi connectivity index (χ0v) is 12.9. The van der Waals surface area contributed by atoms with E-state index in [1.807, 2.05) is 17.0 Å². The van der Waals surface area contributed by atoms with Crippen LogP contribution >= 0.6 is 0 Å². The molecule has 0 atom stereocenters. The maximum Gasteiger partial charge on any atom is 0.219 e. The van der Waals surface area contributed by atoms with Crippen molar-refractivity contribution in [1.82, 2.24) is 4.90 Å². The monoisotopic (exact) mass is 275 g/mol. The molecule has 1 saturated heterocycles. The number of rotatable bonds is 1. The second-order valence-corrected chi connectivity index (χ2v) is 6.21. The normalized spacial score (nSPS) is 18.8. The third kappa shape index (κ3) is 2.74. The number of anilines is 2. The first-order valence-electron chi connectivity index (χ1n) is 7.21. The minimum atomic E-state index is -0.0885. The molecule has 1 amide bonds. The number of nitrogens with zero attached hydrogens (tertiary/aromatic N) is 2. The third-order valence-corrected chi connectivity index (χ3v) is 4.39. The van der Waals surface area contributed by atoms with Crippen LogP contribution in [0.15, 0.2) is 18.2 Å². The van der Waals surface area contributed by atoms with Gasteiger partial charge in [-0.15, -0.1) is 0 Å². The largest absolute Gasteiger partial charge is 0.398 e. The van der Waals surface area contributed by atoms with E-state index in [0.717, 1.165) is 37.3 Å². The Bertz CT molecular complexity index is 510. The van der Waals surface area contributed by atoms with E-state index in [0.29, 0.717) is 0 Å². The summed E-state index contributed by atoms with van der Waals surface area (Å²) in [7, 11) is 0. The fourth-order valence-corrected chi connectivity index (χ4v) is 2.99. The summed E-state index contributed by atoms with van der Waals surface area (Å²) in [6, 6.07) is 6.04. The lowest BCUT2D eigenvalue weighted by Crippen LogP contribution is -2.47. The van der Waals surface area contributed by atoms with Crippen LogP contribution in [0, 0.1) is 6.92 Å². The molecule has 0 aliphatic carbocycles. The second kappa shape index (κ2) is 5.35. The van der Waals surface area contributed by atoms with Crippen molar-refractivity contribution in [3.63, 3.8) is 0 Å². The van der Waals surface area contributed by atoms with Crippen LogP contribution in [0.4, 0.5) is 11.4 Å². The first-order chi connectivity index (χ1) is 9.33. The summed E-state index contributed by atoms with van der Waals surface area (Å²) in [4.78, 5) is 16.1. The minimum absolute atomic E-state index is 0.0885. The van der Waals surface area contributed by atoms with E-state index in [1.54, 1.807) is 6.92 Å². The summed E-state index contributed by atoms with van der Waals surface area (Å²) in [5.41, 5.74) is 9.06. The van der Waals surface area contributed by atoms with Crippen molar-refractivity contribution >= 4 is 17.3 Å². The van der Waals surface area contributed by atoms with E-state index in [-0.39, 0.29) is 11.4 Å². The van der Waals surface area contributed by atoms with Crippen molar-refractivity contribution in [2.45, 2.75) is 39.7 Å². The van der Waals surface area contributed by atoms with Gasteiger partial charge in [-0.2, -0.15) is 0 Å². The lowest BCUT2D eigenvalue weighted by atomic mass is 9.98. The quantitative estimate of drug-likeness (QED) is 0.801. The van der Waals surface area contributed by atoms with Gasteiger partial charge in [0.25, 0.3) is 0 Å². The SMILES string of the molecule is CC(=O)N1CCN(c2cccc(N)c2C)CCC1(C)C. The predicted octanol–water partition coefficient (Wildman–Crippen LogP) is 2.41. The van der Waals surface area contributed by atoms with Gasteiger partial charge in [-0.1, -0.05) is 6.07 Å². The molecule has 1 aromatic carbocycles. The number of amides is 1. The average molecular weight is 275 g/mol. The predicted molar refractivity (Wildman–Crippen MR) is 83.9 cm³/mol. The first-order valence-corrected chi connectivity index (χ1v) is 7.21. The zero-order valence-electron chi connectivity index (χ0n) is 12.9. The standard InChI is InChI=1S/C16H25N3O/c1-12-14(17)6-5-7-15(12)18-9-8-16(3,4)19(11-10-18)13(2)20/h5-7H,8-11,17H2,1-4H3. The van der Waals surface area contributed by atoms with E-state index in [2.05, 4.69) is 31.7 Å². The number of nitrogens with two attached hydrogens (primary N) is 1. The molecule has 2 N–H and O–H groups in total. The van der Waals surface area contributed by atoms with E-state index in [1.165, 1.54) is 5.69 Å². The molecular weight excluding hydrogens is 250 g/mol. The Hall–Kier alpha value is -1.71. The van der Waals surface area contributed by atoms with Crippen LogP contribution in [0.5, 0.6) is 0 Å². The average Bonchev–Trinajstić information content (AvgIpc) is 2.51. The Labute approximate surface area is 121 Å². The molecule has 1 heterocycles. The molecular formula is C16H25N3O. The Morgan fingerprint density at radius 1 is 1.25 bits per heavy atom. The van der Waals surface area contributed by atoms with Gasteiger partial charge >= 0.3 is 0 Å². The van der Waals surface area contributed by atoms with E-state index in [9.17, 15) is 4.79 Å². The highest BCUT2D eigenvalue weighted by molar-refractivity contribution is 5.74. The van der Waals surface area contributed by atoms with Gasteiger partial charge in [0.1, 0.15) is 0 Å². The van der Waals surface area contributed by atoms with Gasteiger partial charge in [-0.05, 0) is 44.9 Å².